The second kappa shape index (κ2) is 8.06. The number of hydrogen-bond acceptors (Lipinski definition) is 2. The van der Waals surface area contributed by atoms with Crippen LogP contribution < -0.4 is 4.74 Å². The predicted octanol–water partition coefficient (Wildman–Crippen LogP) is 5.95. The molecule has 0 amide bonds. The summed E-state index contributed by atoms with van der Waals surface area (Å²) < 4.78 is 7.84. The van der Waals surface area contributed by atoms with Gasteiger partial charge in [0.1, 0.15) is 12.3 Å². The van der Waals surface area contributed by atoms with E-state index in [-0.39, 0.29) is 5.97 Å². The predicted molar refractivity (Wildman–Crippen MR) is 117 cm³/mol. The van der Waals surface area contributed by atoms with Gasteiger partial charge < -0.3 is 9.22 Å². The van der Waals surface area contributed by atoms with Crippen LogP contribution in [0.3, 0.4) is 0 Å². The number of fused-ring (bicyclic) bond motifs is 1. The van der Waals surface area contributed by atoms with E-state index in [2.05, 4.69) is 47.2 Å². The van der Waals surface area contributed by atoms with Crippen LogP contribution in [-0.2, 0) is 6.54 Å². The van der Waals surface area contributed by atoms with Crippen molar-refractivity contribution in [1.29, 1.82) is 0 Å². The number of ether oxygens (including phenoxy) is 1. The minimum Gasteiger partial charge on any atom is -0.422 e. The molecule has 0 radical (unpaired) electrons. The van der Waals surface area contributed by atoms with Crippen molar-refractivity contribution >= 4 is 32.7 Å². The number of benzene rings is 3. The summed E-state index contributed by atoms with van der Waals surface area (Å²) in [6.07, 6.45) is 3.83. The Kier molecular flexibility index (Phi) is 5.51. The van der Waals surface area contributed by atoms with Gasteiger partial charge in [0, 0.05) is 4.47 Å². The van der Waals surface area contributed by atoms with Gasteiger partial charge in [-0.2, -0.15) is 0 Å². The highest BCUT2D eigenvalue weighted by atomic mass is 79.9. The third-order valence-electron chi connectivity index (χ3n) is 5.72. The Morgan fingerprint density at radius 1 is 0.964 bits per heavy atom. The highest BCUT2D eigenvalue weighted by Gasteiger charge is 2.28. The van der Waals surface area contributed by atoms with E-state index in [1.165, 1.54) is 43.1 Å². The molecule has 0 N–H and O–H groups in total. The lowest BCUT2D eigenvalue weighted by molar-refractivity contribution is -0.926. The fourth-order valence-electron chi connectivity index (χ4n) is 4.13. The van der Waals surface area contributed by atoms with Crippen molar-refractivity contribution in [2.24, 2.45) is 0 Å². The molecule has 3 nitrogen and oxygen atoms in total. The van der Waals surface area contributed by atoms with E-state index in [1.807, 2.05) is 24.3 Å². The fourth-order valence-corrected chi connectivity index (χ4v) is 4.40. The van der Waals surface area contributed by atoms with Crippen LogP contribution >= 0.6 is 15.9 Å². The van der Waals surface area contributed by atoms with Gasteiger partial charge in [0.25, 0.3) is 0 Å². The third kappa shape index (κ3) is 4.13. The largest absolute Gasteiger partial charge is 0.422 e. The Morgan fingerprint density at radius 2 is 1.68 bits per heavy atom. The van der Waals surface area contributed by atoms with Crippen molar-refractivity contribution in [3.05, 3.63) is 76.3 Å². The second-order valence-electron chi connectivity index (χ2n) is 7.95. The van der Waals surface area contributed by atoms with Gasteiger partial charge in [0.15, 0.2) is 0 Å². The summed E-state index contributed by atoms with van der Waals surface area (Å²) in [6, 6.07) is 19.6. The molecule has 0 spiro atoms. The maximum Gasteiger partial charge on any atom is 0.343 e. The van der Waals surface area contributed by atoms with Crippen LogP contribution in [0.5, 0.6) is 5.75 Å². The number of esters is 1. The topological polar surface area (TPSA) is 26.3 Å². The van der Waals surface area contributed by atoms with Crippen LogP contribution in [0.4, 0.5) is 0 Å². The quantitative estimate of drug-likeness (QED) is 0.285. The SMILES string of the molecule is C[N+]1(Cc2c(OC(=O)c3ccc(Br)cc3)ccc3ccccc23)CCCCC1. The Bertz CT molecular complexity index is 991. The van der Waals surface area contributed by atoms with Gasteiger partial charge in [0.2, 0.25) is 0 Å². The van der Waals surface area contributed by atoms with E-state index >= 15 is 0 Å². The minimum atomic E-state index is -0.315. The number of piperidine rings is 1. The Hall–Kier alpha value is -2.17. The molecule has 0 bridgehead atoms. The molecule has 1 saturated heterocycles. The van der Waals surface area contributed by atoms with E-state index in [1.54, 1.807) is 12.1 Å². The third-order valence-corrected chi connectivity index (χ3v) is 6.24. The lowest BCUT2D eigenvalue weighted by atomic mass is 10.0. The zero-order valence-electron chi connectivity index (χ0n) is 16.2. The zero-order chi connectivity index (χ0) is 19.6. The van der Waals surface area contributed by atoms with Gasteiger partial charge in [-0.25, -0.2) is 4.79 Å². The number of carbonyl (C=O) groups is 1. The highest BCUT2D eigenvalue weighted by molar-refractivity contribution is 9.10. The molecule has 1 aliphatic rings. The van der Waals surface area contributed by atoms with Crippen molar-refractivity contribution in [3.8, 4) is 5.75 Å². The van der Waals surface area contributed by atoms with Crippen LogP contribution in [0.15, 0.2) is 65.1 Å². The zero-order valence-corrected chi connectivity index (χ0v) is 17.7. The summed E-state index contributed by atoms with van der Waals surface area (Å²) in [5.74, 6) is 0.363. The Morgan fingerprint density at radius 3 is 2.43 bits per heavy atom. The summed E-state index contributed by atoms with van der Waals surface area (Å²) >= 11 is 3.41. The number of rotatable bonds is 4. The maximum atomic E-state index is 12.7. The molecule has 144 valence electrons. The first-order chi connectivity index (χ1) is 13.5. The minimum absolute atomic E-state index is 0.315. The molecular weight excluding hydrogens is 414 g/mol. The van der Waals surface area contributed by atoms with Crippen LogP contribution in [0.1, 0.15) is 35.2 Å². The molecule has 1 heterocycles. The molecule has 1 fully saturated rings. The van der Waals surface area contributed by atoms with E-state index in [0.29, 0.717) is 11.3 Å². The number of quaternary nitrogens is 1. The monoisotopic (exact) mass is 438 g/mol. The molecule has 0 aliphatic carbocycles. The molecule has 0 unspecified atom stereocenters. The van der Waals surface area contributed by atoms with Crippen LogP contribution in [0.25, 0.3) is 10.8 Å². The number of likely N-dealkylation sites (tertiary alicyclic amines) is 1. The molecule has 0 aromatic heterocycles. The molecule has 28 heavy (non-hydrogen) atoms. The van der Waals surface area contributed by atoms with Gasteiger partial charge in [0.05, 0.1) is 31.3 Å². The van der Waals surface area contributed by atoms with Gasteiger partial charge in [-0.15, -0.1) is 0 Å². The van der Waals surface area contributed by atoms with Crippen molar-refractivity contribution in [2.45, 2.75) is 25.8 Å². The number of hydrogen-bond donors (Lipinski definition) is 0. The van der Waals surface area contributed by atoms with E-state index < -0.39 is 0 Å². The standard InChI is InChI=1S/C24H25BrNO2/c1-26(15-5-2-6-16-26)17-22-21-8-4-3-7-18(21)11-14-23(22)28-24(27)19-9-12-20(25)13-10-19/h3-4,7-14H,2,5-6,15-17H2,1H3/q+1. The lowest BCUT2D eigenvalue weighted by Gasteiger charge is -2.38. The molecule has 0 atom stereocenters. The van der Waals surface area contributed by atoms with Crippen LogP contribution in [0, 0.1) is 0 Å². The van der Waals surface area contributed by atoms with Gasteiger partial charge in [-0.05, 0) is 60.4 Å². The van der Waals surface area contributed by atoms with E-state index in [4.69, 9.17) is 4.74 Å². The van der Waals surface area contributed by atoms with Gasteiger partial charge in [-0.1, -0.05) is 46.3 Å². The summed E-state index contributed by atoms with van der Waals surface area (Å²) in [7, 11) is 2.32. The smallest absolute Gasteiger partial charge is 0.343 e. The normalized spacial score (nSPS) is 16.1. The first-order valence-corrected chi connectivity index (χ1v) is 10.7. The van der Waals surface area contributed by atoms with Crippen LogP contribution in [0.2, 0.25) is 0 Å². The summed E-state index contributed by atoms with van der Waals surface area (Å²) in [5, 5.41) is 2.36. The second-order valence-corrected chi connectivity index (χ2v) is 8.86. The molecule has 4 heteroatoms. The lowest BCUT2D eigenvalue weighted by Crippen LogP contribution is -2.47. The average molecular weight is 439 g/mol. The van der Waals surface area contributed by atoms with E-state index in [9.17, 15) is 4.79 Å². The molecule has 3 aromatic carbocycles. The van der Waals surface area contributed by atoms with Gasteiger partial charge >= 0.3 is 5.97 Å². The van der Waals surface area contributed by atoms with E-state index in [0.717, 1.165) is 21.1 Å². The first kappa shape index (κ1) is 19.2. The molecular formula is C24H25BrNO2+. The average Bonchev–Trinajstić information content (AvgIpc) is 2.70. The van der Waals surface area contributed by atoms with Crippen molar-refractivity contribution in [1.82, 2.24) is 0 Å². The van der Waals surface area contributed by atoms with Gasteiger partial charge in [-0.3, -0.25) is 0 Å². The Labute approximate surface area is 174 Å². The first-order valence-electron chi connectivity index (χ1n) is 9.86. The molecule has 4 rings (SSSR count). The Balaban J connectivity index is 1.70. The molecule has 0 saturated carbocycles. The molecule has 3 aromatic rings. The summed E-state index contributed by atoms with van der Waals surface area (Å²) in [6.45, 7) is 3.22. The van der Waals surface area contributed by atoms with Crippen molar-refractivity contribution < 1.29 is 14.0 Å². The number of halogens is 1. The number of nitrogens with zero attached hydrogens (tertiary/aromatic N) is 1. The summed E-state index contributed by atoms with van der Waals surface area (Å²) in [5.41, 5.74) is 1.69. The maximum absolute atomic E-state index is 12.7. The van der Waals surface area contributed by atoms with Crippen molar-refractivity contribution in [2.75, 3.05) is 20.1 Å². The fraction of sp³-hybridized carbons (Fsp3) is 0.292. The molecule has 1 aliphatic heterocycles. The van der Waals surface area contributed by atoms with Crippen LogP contribution in [-0.4, -0.2) is 30.6 Å². The summed E-state index contributed by atoms with van der Waals surface area (Å²) in [4.78, 5) is 12.7. The highest BCUT2D eigenvalue weighted by Crippen LogP contribution is 2.33. The number of carbonyl (C=O) groups excluding carboxylic acids is 1. The van der Waals surface area contributed by atoms with Crippen molar-refractivity contribution in [3.63, 3.8) is 0 Å².